The van der Waals surface area contributed by atoms with Gasteiger partial charge in [0.05, 0.1) is 31.7 Å². The number of carboxylic acids is 1. The van der Waals surface area contributed by atoms with Crippen LogP contribution in [0.1, 0.15) is 49.4 Å². The molecule has 0 aromatic carbocycles. The second-order valence-corrected chi connectivity index (χ2v) is 5.26. The van der Waals surface area contributed by atoms with Gasteiger partial charge < -0.3 is 19.1 Å². The smallest absolute Gasteiger partial charge is 0.307 e. The van der Waals surface area contributed by atoms with Gasteiger partial charge in [-0.3, -0.25) is 4.79 Å². The van der Waals surface area contributed by atoms with Crippen LogP contribution < -0.4 is 0 Å². The summed E-state index contributed by atoms with van der Waals surface area (Å²) in [5, 5.41) is 13.2. The molecule has 0 radical (unpaired) electrons. The Kier molecular flexibility index (Phi) is 3.98. The van der Waals surface area contributed by atoms with E-state index in [0.717, 1.165) is 19.3 Å². The average molecular weight is 282 g/mol. The van der Waals surface area contributed by atoms with E-state index < -0.39 is 11.9 Å². The monoisotopic (exact) mass is 282 g/mol. The zero-order valence-corrected chi connectivity index (χ0v) is 11.2. The van der Waals surface area contributed by atoms with Gasteiger partial charge in [-0.05, 0) is 12.8 Å². The molecule has 0 amide bonds. The van der Waals surface area contributed by atoms with Crippen molar-refractivity contribution in [3.05, 3.63) is 11.7 Å². The van der Waals surface area contributed by atoms with E-state index in [9.17, 15) is 9.90 Å². The van der Waals surface area contributed by atoms with Crippen LogP contribution in [0, 0.1) is 5.92 Å². The number of hydrogen-bond donors (Lipinski definition) is 1. The Morgan fingerprint density at radius 1 is 1.25 bits per heavy atom. The van der Waals surface area contributed by atoms with Gasteiger partial charge in [0.15, 0.2) is 0 Å². The van der Waals surface area contributed by atoms with Crippen LogP contribution in [0.15, 0.2) is 4.52 Å². The van der Waals surface area contributed by atoms with Crippen molar-refractivity contribution in [1.82, 2.24) is 10.1 Å². The molecule has 1 saturated heterocycles. The summed E-state index contributed by atoms with van der Waals surface area (Å²) in [5.41, 5.74) is 0. The third kappa shape index (κ3) is 2.69. The lowest BCUT2D eigenvalue weighted by molar-refractivity contribution is -0.143. The summed E-state index contributed by atoms with van der Waals surface area (Å²) in [5.74, 6) is -0.532. The molecule has 1 aliphatic heterocycles. The lowest BCUT2D eigenvalue weighted by Crippen LogP contribution is -2.26. The van der Waals surface area contributed by atoms with Gasteiger partial charge >= 0.3 is 5.97 Å². The molecule has 3 rings (SSSR count). The first-order valence-corrected chi connectivity index (χ1v) is 7.01. The number of nitrogens with zero attached hydrogens (tertiary/aromatic N) is 2. The third-order valence-corrected chi connectivity index (χ3v) is 3.96. The molecular weight excluding hydrogens is 264 g/mol. The first kappa shape index (κ1) is 13.5. The number of aliphatic carboxylic acids is 1. The van der Waals surface area contributed by atoms with Crippen LogP contribution in [-0.2, 0) is 14.3 Å². The van der Waals surface area contributed by atoms with E-state index in [1.807, 2.05) is 0 Å². The van der Waals surface area contributed by atoms with E-state index in [1.165, 1.54) is 0 Å². The molecule has 7 heteroatoms. The Hall–Kier alpha value is -1.47. The molecule has 20 heavy (non-hydrogen) atoms. The number of hydrogen-bond acceptors (Lipinski definition) is 6. The Morgan fingerprint density at radius 3 is 2.85 bits per heavy atom. The van der Waals surface area contributed by atoms with E-state index in [2.05, 4.69) is 10.1 Å². The molecule has 3 unspecified atom stereocenters. The normalized spacial score (nSPS) is 31.1. The van der Waals surface area contributed by atoms with Gasteiger partial charge in [-0.15, -0.1) is 0 Å². The fourth-order valence-electron chi connectivity index (χ4n) is 2.89. The van der Waals surface area contributed by atoms with Crippen LogP contribution in [-0.4, -0.2) is 41.0 Å². The van der Waals surface area contributed by atoms with Crippen molar-refractivity contribution in [3.63, 3.8) is 0 Å². The molecule has 7 nitrogen and oxygen atoms in total. The van der Waals surface area contributed by atoms with Gasteiger partial charge in [-0.1, -0.05) is 18.0 Å². The molecule has 2 heterocycles. The van der Waals surface area contributed by atoms with Crippen molar-refractivity contribution in [2.45, 2.75) is 37.7 Å². The van der Waals surface area contributed by atoms with Crippen LogP contribution in [0.2, 0.25) is 0 Å². The average Bonchev–Trinajstić information content (AvgIpc) is 2.98. The van der Waals surface area contributed by atoms with Crippen molar-refractivity contribution in [2.24, 2.45) is 5.92 Å². The molecule has 1 aromatic rings. The molecule has 1 N–H and O–H groups in total. The predicted octanol–water partition coefficient (Wildman–Crippen LogP) is 1.52. The van der Waals surface area contributed by atoms with Crippen LogP contribution in [0.3, 0.4) is 0 Å². The summed E-state index contributed by atoms with van der Waals surface area (Å²) in [7, 11) is 0. The molecule has 0 bridgehead atoms. The molecule has 3 atom stereocenters. The van der Waals surface area contributed by atoms with Gasteiger partial charge in [-0.25, -0.2) is 0 Å². The summed E-state index contributed by atoms with van der Waals surface area (Å²) in [6.45, 7) is 1.49. The van der Waals surface area contributed by atoms with E-state index in [-0.39, 0.29) is 12.0 Å². The zero-order chi connectivity index (χ0) is 13.9. The summed E-state index contributed by atoms with van der Waals surface area (Å²) in [6, 6.07) is 0. The number of rotatable bonds is 3. The Bertz CT molecular complexity index is 469. The van der Waals surface area contributed by atoms with E-state index in [0.29, 0.717) is 38.0 Å². The van der Waals surface area contributed by atoms with Crippen LogP contribution >= 0.6 is 0 Å². The molecule has 110 valence electrons. The van der Waals surface area contributed by atoms with Crippen LogP contribution in [0.4, 0.5) is 0 Å². The third-order valence-electron chi connectivity index (χ3n) is 3.96. The highest BCUT2D eigenvalue weighted by molar-refractivity contribution is 5.71. The molecule has 1 saturated carbocycles. The van der Waals surface area contributed by atoms with E-state index >= 15 is 0 Å². The summed E-state index contributed by atoms with van der Waals surface area (Å²) < 4.78 is 16.1. The SMILES string of the molecule is O=C(O)C1CCCCC1c1nc(C2COCCO2)no1. The highest BCUT2D eigenvalue weighted by atomic mass is 16.6. The quantitative estimate of drug-likeness (QED) is 0.897. The Balaban J connectivity index is 1.76. The highest BCUT2D eigenvalue weighted by Gasteiger charge is 2.36. The van der Waals surface area contributed by atoms with Crippen molar-refractivity contribution in [2.75, 3.05) is 19.8 Å². The largest absolute Gasteiger partial charge is 0.481 e. The van der Waals surface area contributed by atoms with Crippen LogP contribution in [0.25, 0.3) is 0 Å². The summed E-state index contributed by atoms with van der Waals surface area (Å²) >= 11 is 0. The van der Waals surface area contributed by atoms with Gasteiger partial charge in [0, 0.05) is 0 Å². The maximum absolute atomic E-state index is 11.3. The molecular formula is C13H18N2O5. The maximum Gasteiger partial charge on any atom is 0.307 e. The van der Waals surface area contributed by atoms with Crippen molar-refractivity contribution < 1.29 is 23.9 Å². The minimum absolute atomic E-state index is 0.188. The first-order valence-electron chi connectivity index (χ1n) is 7.01. The van der Waals surface area contributed by atoms with Gasteiger partial charge in [0.2, 0.25) is 11.7 Å². The van der Waals surface area contributed by atoms with E-state index in [1.54, 1.807) is 0 Å². The van der Waals surface area contributed by atoms with Gasteiger partial charge in [-0.2, -0.15) is 4.98 Å². The van der Waals surface area contributed by atoms with Crippen molar-refractivity contribution in [3.8, 4) is 0 Å². The molecule has 2 aliphatic rings. The zero-order valence-electron chi connectivity index (χ0n) is 11.2. The lowest BCUT2D eigenvalue weighted by atomic mass is 9.79. The summed E-state index contributed by atoms with van der Waals surface area (Å²) in [6.07, 6.45) is 3.07. The summed E-state index contributed by atoms with van der Waals surface area (Å²) in [4.78, 5) is 15.7. The molecule has 2 fully saturated rings. The number of aromatic nitrogens is 2. The Labute approximate surface area is 116 Å². The molecule has 0 spiro atoms. The Morgan fingerprint density at radius 2 is 2.10 bits per heavy atom. The second kappa shape index (κ2) is 5.88. The lowest BCUT2D eigenvalue weighted by Gasteiger charge is -2.25. The molecule has 1 aliphatic carbocycles. The van der Waals surface area contributed by atoms with Crippen molar-refractivity contribution >= 4 is 5.97 Å². The number of ether oxygens (including phenoxy) is 2. The second-order valence-electron chi connectivity index (χ2n) is 5.26. The van der Waals surface area contributed by atoms with Crippen LogP contribution in [0.5, 0.6) is 0 Å². The highest BCUT2D eigenvalue weighted by Crippen LogP contribution is 2.37. The maximum atomic E-state index is 11.3. The number of carboxylic acid groups (broad SMARTS) is 1. The van der Waals surface area contributed by atoms with Gasteiger partial charge in [0.25, 0.3) is 0 Å². The predicted molar refractivity (Wildman–Crippen MR) is 66.1 cm³/mol. The molecule has 1 aromatic heterocycles. The minimum Gasteiger partial charge on any atom is -0.481 e. The topological polar surface area (TPSA) is 94.7 Å². The minimum atomic E-state index is -0.785. The standard InChI is InChI=1S/C13H18N2O5/c16-13(17)9-4-2-1-3-8(9)12-14-11(15-20-12)10-7-18-5-6-19-10/h8-10H,1-7H2,(H,16,17). The van der Waals surface area contributed by atoms with Crippen molar-refractivity contribution in [1.29, 1.82) is 0 Å². The number of carbonyl (C=O) groups is 1. The van der Waals surface area contributed by atoms with Gasteiger partial charge in [0.1, 0.15) is 6.10 Å². The fourth-order valence-corrected chi connectivity index (χ4v) is 2.89. The fraction of sp³-hybridized carbons (Fsp3) is 0.769. The first-order chi connectivity index (χ1) is 9.75. The van der Waals surface area contributed by atoms with E-state index in [4.69, 9.17) is 14.0 Å².